The molecule has 0 aromatic carbocycles. The van der Waals surface area contributed by atoms with Crippen LogP contribution in [0.5, 0.6) is 0 Å². The van der Waals surface area contributed by atoms with E-state index in [1.54, 1.807) is 0 Å². The maximum Gasteiger partial charge on any atom is 0.306 e. The third-order valence-corrected chi connectivity index (χ3v) is 16.8. The number of phosphoric ester groups is 1. The Bertz CT molecular complexity index is 1400. The molecule has 1 N–H and O–H groups in total. The van der Waals surface area contributed by atoms with Gasteiger partial charge in [0.1, 0.15) is 19.3 Å². The van der Waals surface area contributed by atoms with Crippen LogP contribution in [0, 0.1) is 0 Å². The monoisotopic (exact) mass is 1140 g/mol. The maximum absolute atomic E-state index is 13.6. The van der Waals surface area contributed by atoms with Crippen LogP contribution in [0.25, 0.3) is 0 Å². The van der Waals surface area contributed by atoms with Crippen molar-refractivity contribution in [2.45, 2.75) is 367 Å². The fraction of sp³-hybridized carbons (Fsp3) is 0.913. The minimum atomic E-state index is -4.70. The normalized spacial score (nSPS) is 13.7. The van der Waals surface area contributed by atoms with E-state index in [1.165, 1.54) is 263 Å². The number of hydrogen-bond acceptors (Lipinski definition) is 7. The number of carbonyl (C=O) groups is 2. The average Bonchev–Trinajstić information content (AvgIpc) is 3.41. The van der Waals surface area contributed by atoms with E-state index in [1.807, 2.05) is 33.3 Å². The van der Waals surface area contributed by atoms with Crippen molar-refractivity contribution < 1.29 is 37.3 Å². The first-order valence-electron chi connectivity index (χ1n) is 34.6. The topological polar surface area (TPSA) is 114 Å². The molecule has 3 atom stereocenters. The van der Waals surface area contributed by atoms with E-state index in [0.29, 0.717) is 17.4 Å². The Morgan fingerprint density at radius 3 is 1.08 bits per heavy atom. The van der Waals surface area contributed by atoms with Gasteiger partial charge in [-0.1, -0.05) is 309 Å². The number of hydrogen-bond donors (Lipinski definition) is 1. The second kappa shape index (κ2) is 59.6. The van der Waals surface area contributed by atoms with Crippen molar-refractivity contribution in [2.24, 2.45) is 0 Å². The number of rotatable bonds is 64. The van der Waals surface area contributed by atoms with E-state index in [9.17, 15) is 19.0 Å². The second-order valence-corrected chi connectivity index (χ2v) is 26.5. The number of phosphoric acid groups is 1. The molecule has 0 radical (unpaired) electrons. The number of nitrogens with zero attached hydrogens (tertiary/aromatic N) is 1. The number of esters is 1. The van der Waals surface area contributed by atoms with Gasteiger partial charge in [0.15, 0.2) is 0 Å². The molecule has 0 saturated heterocycles. The molecular weight excluding hydrogens is 1000 g/mol. The third-order valence-electron chi connectivity index (χ3n) is 15.9. The maximum atomic E-state index is 13.6. The molecule has 0 saturated carbocycles. The highest BCUT2D eigenvalue weighted by molar-refractivity contribution is 7.45. The van der Waals surface area contributed by atoms with Gasteiger partial charge < -0.3 is 28.5 Å². The number of allylic oxidation sites excluding steroid dienone is 3. The standard InChI is InChI=1S/C69H135N2O7P/c1-7-10-13-16-19-22-25-28-30-32-33-34-35-36-37-39-40-43-46-49-52-55-58-61-68(72)70-66(65-77-79(74,75)76-64-63-71(4,5)6)67(60-57-54-51-48-45-42-27-24-21-18-15-12-9-3)78-69(73)62-59-56-53-50-47-44-41-38-31-29-26-23-20-17-14-11-8-2/h28,30,57,60,66-67H,7-27,29,31-56,58-59,61-65H2,1-6H3,(H-,70,72,74,75)/b30-28+,60-57-. The van der Waals surface area contributed by atoms with Crippen LogP contribution in [0.4, 0.5) is 0 Å². The summed E-state index contributed by atoms with van der Waals surface area (Å²) >= 11 is 0. The van der Waals surface area contributed by atoms with E-state index in [0.717, 1.165) is 57.8 Å². The smallest absolute Gasteiger partial charge is 0.306 e. The van der Waals surface area contributed by atoms with E-state index >= 15 is 0 Å². The zero-order valence-electron chi connectivity index (χ0n) is 53.6. The highest BCUT2D eigenvalue weighted by atomic mass is 31.2. The first kappa shape index (κ1) is 77.5. The van der Waals surface area contributed by atoms with Crippen molar-refractivity contribution in [1.82, 2.24) is 5.32 Å². The van der Waals surface area contributed by atoms with Gasteiger partial charge >= 0.3 is 5.97 Å². The fourth-order valence-electron chi connectivity index (χ4n) is 10.5. The number of quaternary nitrogens is 1. The molecule has 79 heavy (non-hydrogen) atoms. The van der Waals surface area contributed by atoms with Crippen LogP contribution < -0.4 is 10.2 Å². The Labute approximate surface area is 492 Å². The van der Waals surface area contributed by atoms with E-state index < -0.39 is 20.0 Å². The number of carbonyl (C=O) groups excluding carboxylic acids is 2. The molecule has 0 aromatic heterocycles. The fourth-order valence-corrected chi connectivity index (χ4v) is 11.2. The summed E-state index contributed by atoms with van der Waals surface area (Å²) in [6.45, 7) is 6.91. The van der Waals surface area contributed by atoms with Gasteiger partial charge in [0, 0.05) is 12.8 Å². The summed E-state index contributed by atoms with van der Waals surface area (Å²) in [4.78, 5) is 40.1. The second-order valence-electron chi connectivity index (χ2n) is 25.0. The summed E-state index contributed by atoms with van der Waals surface area (Å²) in [6, 6.07) is -0.883. The molecule has 10 heteroatoms. The van der Waals surface area contributed by atoms with Gasteiger partial charge in [0.25, 0.3) is 7.82 Å². The van der Waals surface area contributed by atoms with Crippen molar-refractivity contribution in [2.75, 3.05) is 40.9 Å². The van der Waals surface area contributed by atoms with Crippen molar-refractivity contribution in [3.8, 4) is 0 Å². The lowest BCUT2D eigenvalue weighted by Crippen LogP contribution is -2.47. The van der Waals surface area contributed by atoms with Gasteiger partial charge in [0.05, 0.1) is 33.8 Å². The van der Waals surface area contributed by atoms with E-state index in [4.69, 9.17) is 13.8 Å². The Hall–Kier alpha value is -1.51. The molecule has 0 aliphatic carbocycles. The van der Waals surface area contributed by atoms with Gasteiger partial charge in [-0.25, -0.2) is 0 Å². The highest BCUT2D eigenvalue weighted by Crippen LogP contribution is 2.38. The van der Waals surface area contributed by atoms with Gasteiger partial charge in [-0.2, -0.15) is 0 Å². The molecule has 0 rings (SSSR count). The summed E-state index contributed by atoms with van der Waals surface area (Å²) in [5.74, 6) is -0.519. The van der Waals surface area contributed by atoms with Crippen LogP contribution >= 0.6 is 7.82 Å². The summed E-state index contributed by atoms with van der Waals surface area (Å²) in [7, 11) is 1.21. The van der Waals surface area contributed by atoms with Crippen LogP contribution in [-0.2, 0) is 27.9 Å². The zero-order chi connectivity index (χ0) is 57.9. The average molecular weight is 1140 g/mol. The lowest BCUT2D eigenvalue weighted by molar-refractivity contribution is -0.870. The predicted octanol–water partition coefficient (Wildman–Crippen LogP) is 21.0. The lowest BCUT2D eigenvalue weighted by atomic mass is 10.0. The SMILES string of the molecule is CCCCCCCC/C=C/CCCCCCCCCCCCCCCC(=O)NC(COP(=O)([O-])OCC[N+](C)(C)C)C(/C=C\CCCCCCCCCCCCC)OC(=O)CCCCCCCCCCCCCCCCCCC. The number of unbranched alkanes of at least 4 members (excludes halogenated alkanes) is 46. The molecule has 0 fully saturated rings. The quantitative estimate of drug-likeness (QED) is 0.0212. The largest absolute Gasteiger partial charge is 0.756 e. The third kappa shape index (κ3) is 60.9. The Kier molecular flexibility index (Phi) is 58.5. The Morgan fingerprint density at radius 2 is 0.734 bits per heavy atom. The van der Waals surface area contributed by atoms with Crippen molar-refractivity contribution in [3.63, 3.8) is 0 Å². The summed E-state index contributed by atoms with van der Waals surface area (Å²) in [5, 5.41) is 3.05. The minimum Gasteiger partial charge on any atom is -0.756 e. The molecule has 9 nitrogen and oxygen atoms in total. The number of amides is 1. The molecule has 468 valence electrons. The first-order valence-corrected chi connectivity index (χ1v) is 36.1. The Balaban J connectivity index is 5.10. The summed E-state index contributed by atoms with van der Waals surface area (Å²) in [5.41, 5.74) is 0. The molecular formula is C69H135N2O7P. The van der Waals surface area contributed by atoms with E-state index in [-0.39, 0.29) is 31.5 Å². The molecule has 1 amide bonds. The minimum absolute atomic E-state index is 0.0181. The van der Waals surface area contributed by atoms with Crippen LogP contribution in [0.2, 0.25) is 0 Å². The summed E-state index contributed by atoms with van der Waals surface area (Å²) in [6.07, 6.45) is 71.5. The Morgan fingerprint density at radius 1 is 0.430 bits per heavy atom. The molecule has 0 aliphatic heterocycles. The first-order chi connectivity index (χ1) is 38.4. The van der Waals surface area contributed by atoms with Gasteiger partial charge in [-0.3, -0.25) is 14.2 Å². The van der Waals surface area contributed by atoms with Crippen molar-refractivity contribution in [3.05, 3.63) is 24.3 Å². The number of ether oxygens (including phenoxy) is 1. The molecule has 0 aromatic rings. The van der Waals surface area contributed by atoms with Crippen LogP contribution in [0.3, 0.4) is 0 Å². The van der Waals surface area contributed by atoms with Crippen molar-refractivity contribution in [1.29, 1.82) is 0 Å². The highest BCUT2D eigenvalue weighted by Gasteiger charge is 2.27. The van der Waals surface area contributed by atoms with Gasteiger partial charge in [-0.15, -0.1) is 0 Å². The molecule has 0 spiro atoms. The molecule has 0 heterocycles. The lowest BCUT2D eigenvalue weighted by Gasteiger charge is -2.30. The molecule has 0 aliphatic rings. The van der Waals surface area contributed by atoms with Crippen LogP contribution in [0.15, 0.2) is 24.3 Å². The summed E-state index contributed by atoms with van der Waals surface area (Å²) < 4.78 is 30.4. The van der Waals surface area contributed by atoms with Crippen LogP contribution in [0.1, 0.15) is 355 Å². The van der Waals surface area contributed by atoms with Gasteiger partial charge in [0.2, 0.25) is 5.91 Å². The van der Waals surface area contributed by atoms with E-state index in [2.05, 4.69) is 38.2 Å². The molecule has 0 bridgehead atoms. The number of nitrogens with one attached hydrogen (secondary N) is 1. The van der Waals surface area contributed by atoms with Gasteiger partial charge in [-0.05, 0) is 57.4 Å². The van der Waals surface area contributed by atoms with Crippen LogP contribution in [-0.4, -0.2) is 69.4 Å². The van der Waals surface area contributed by atoms with Crippen molar-refractivity contribution >= 4 is 19.7 Å². The zero-order valence-corrected chi connectivity index (χ0v) is 54.5. The predicted molar refractivity (Wildman–Crippen MR) is 340 cm³/mol. The number of likely N-dealkylation sites (N-methyl/N-ethyl adjacent to an activating group) is 1. The molecule has 3 unspecified atom stereocenters.